The van der Waals surface area contributed by atoms with Crippen LogP contribution >= 0.6 is 11.5 Å². The fourth-order valence-electron chi connectivity index (χ4n) is 1.60. The molecule has 14 heavy (non-hydrogen) atoms. The lowest BCUT2D eigenvalue weighted by Crippen LogP contribution is -1.90. The van der Waals surface area contributed by atoms with E-state index in [1.54, 1.807) is 0 Å². The molecule has 0 saturated heterocycles. The molecular formula is C12H13NS. The normalized spacial score (nSPS) is 10.8. The first-order valence-electron chi connectivity index (χ1n) is 4.77. The molecule has 0 aliphatic carbocycles. The van der Waals surface area contributed by atoms with Crippen molar-refractivity contribution >= 4 is 11.5 Å². The molecule has 72 valence electrons. The van der Waals surface area contributed by atoms with Gasteiger partial charge in [0, 0.05) is 17.1 Å². The van der Waals surface area contributed by atoms with E-state index >= 15 is 0 Å². The van der Waals surface area contributed by atoms with Crippen LogP contribution in [0, 0.1) is 0 Å². The molecular weight excluding hydrogens is 190 g/mol. The molecule has 1 aromatic carbocycles. The van der Waals surface area contributed by atoms with Gasteiger partial charge in [-0.15, -0.1) is 0 Å². The number of hydrogen-bond donors (Lipinski definition) is 0. The van der Waals surface area contributed by atoms with E-state index in [1.807, 2.05) is 6.20 Å². The molecule has 0 aliphatic heterocycles. The van der Waals surface area contributed by atoms with Gasteiger partial charge in [-0.05, 0) is 28.6 Å². The van der Waals surface area contributed by atoms with Crippen LogP contribution in [0.4, 0.5) is 0 Å². The van der Waals surface area contributed by atoms with Crippen molar-refractivity contribution in [3.05, 3.63) is 41.4 Å². The molecule has 0 atom stereocenters. The molecule has 0 saturated carbocycles. The molecule has 2 heteroatoms. The van der Waals surface area contributed by atoms with Gasteiger partial charge < -0.3 is 0 Å². The smallest absolute Gasteiger partial charge is 0.0485 e. The average Bonchev–Trinajstić information content (AvgIpc) is 2.70. The second-order valence-electron chi connectivity index (χ2n) is 3.66. The zero-order chi connectivity index (χ0) is 9.97. The first-order chi connectivity index (χ1) is 6.79. The number of benzene rings is 1. The summed E-state index contributed by atoms with van der Waals surface area (Å²) in [6.45, 7) is 4.44. The van der Waals surface area contributed by atoms with Gasteiger partial charge in [-0.3, -0.25) is 0 Å². The number of rotatable bonds is 2. The molecule has 1 heterocycles. The van der Waals surface area contributed by atoms with Crippen LogP contribution in [-0.2, 0) is 0 Å². The first kappa shape index (κ1) is 9.41. The predicted molar refractivity (Wildman–Crippen MR) is 61.6 cm³/mol. The van der Waals surface area contributed by atoms with Crippen LogP contribution in [0.1, 0.15) is 25.3 Å². The molecule has 0 spiro atoms. The van der Waals surface area contributed by atoms with Crippen molar-refractivity contribution in [1.82, 2.24) is 4.37 Å². The summed E-state index contributed by atoms with van der Waals surface area (Å²) < 4.78 is 4.14. The standard InChI is InChI=1S/C12H13NS/c1-9(2)11-5-3-4-6-12(11)10-7-13-14-8-10/h3-9H,1-2H3. The van der Waals surface area contributed by atoms with Crippen LogP contribution in [0.3, 0.4) is 0 Å². The highest BCUT2D eigenvalue weighted by Gasteiger charge is 2.07. The average molecular weight is 203 g/mol. The lowest BCUT2D eigenvalue weighted by atomic mass is 9.94. The molecule has 0 bridgehead atoms. The zero-order valence-corrected chi connectivity index (χ0v) is 9.21. The van der Waals surface area contributed by atoms with Crippen LogP contribution in [-0.4, -0.2) is 4.37 Å². The van der Waals surface area contributed by atoms with Gasteiger partial charge in [-0.1, -0.05) is 38.1 Å². The molecule has 1 nitrogen and oxygen atoms in total. The Labute approximate surface area is 88.6 Å². The minimum atomic E-state index is 0.561. The van der Waals surface area contributed by atoms with E-state index in [9.17, 15) is 0 Å². The Balaban J connectivity index is 2.53. The maximum Gasteiger partial charge on any atom is 0.0485 e. The van der Waals surface area contributed by atoms with E-state index in [0.29, 0.717) is 5.92 Å². The highest BCUT2D eigenvalue weighted by atomic mass is 32.1. The number of hydrogen-bond acceptors (Lipinski definition) is 2. The summed E-state index contributed by atoms with van der Waals surface area (Å²) in [6, 6.07) is 8.54. The third-order valence-corrected chi connectivity index (χ3v) is 2.91. The molecule has 0 radical (unpaired) electrons. The first-order valence-corrected chi connectivity index (χ1v) is 5.61. The summed E-state index contributed by atoms with van der Waals surface area (Å²) in [5, 5.41) is 2.10. The van der Waals surface area contributed by atoms with E-state index in [4.69, 9.17) is 0 Å². The lowest BCUT2D eigenvalue weighted by Gasteiger charge is -2.10. The summed E-state index contributed by atoms with van der Waals surface area (Å²) in [7, 11) is 0. The highest BCUT2D eigenvalue weighted by molar-refractivity contribution is 7.03. The highest BCUT2D eigenvalue weighted by Crippen LogP contribution is 2.29. The van der Waals surface area contributed by atoms with Crippen molar-refractivity contribution < 1.29 is 0 Å². The fraction of sp³-hybridized carbons (Fsp3) is 0.250. The van der Waals surface area contributed by atoms with Crippen molar-refractivity contribution in [3.8, 4) is 11.1 Å². The van der Waals surface area contributed by atoms with E-state index in [-0.39, 0.29) is 0 Å². The minimum Gasteiger partial charge on any atom is -0.201 e. The Bertz CT molecular complexity index is 404. The van der Waals surface area contributed by atoms with E-state index in [0.717, 1.165) is 0 Å². The number of nitrogens with zero attached hydrogens (tertiary/aromatic N) is 1. The SMILES string of the molecule is CC(C)c1ccccc1-c1cnsc1. The summed E-state index contributed by atoms with van der Waals surface area (Å²) >= 11 is 1.50. The molecule has 0 aliphatic rings. The molecule has 2 aromatic rings. The Kier molecular flexibility index (Phi) is 2.64. The Morgan fingerprint density at radius 1 is 1.21 bits per heavy atom. The van der Waals surface area contributed by atoms with Crippen molar-refractivity contribution in [2.45, 2.75) is 19.8 Å². The Morgan fingerprint density at radius 2 is 2.00 bits per heavy atom. The molecule has 1 aromatic heterocycles. The second kappa shape index (κ2) is 3.93. The van der Waals surface area contributed by atoms with Gasteiger partial charge in [-0.2, -0.15) is 0 Å². The van der Waals surface area contributed by atoms with Crippen LogP contribution < -0.4 is 0 Å². The van der Waals surface area contributed by atoms with Gasteiger partial charge in [0.15, 0.2) is 0 Å². The Morgan fingerprint density at radius 3 is 2.64 bits per heavy atom. The largest absolute Gasteiger partial charge is 0.201 e. The van der Waals surface area contributed by atoms with Gasteiger partial charge in [-0.25, -0.2) is 4.37 Å². The van der Waals surface area contributed by atoms with E-state index in [2.05, 4.69) is 47.9 Å². The zero-order valence-electron chi connectivity index (χ0n) is 8.40. The van der Waals surface area contributed by atoms with Gasteiger partial charge >= 0.3 is 0 Å². The second-order valence-corrected chi connectivity index (χ2v) is 4.31. The van der Waals surface area contributed by atoms with Crippen LogP contribution in [0.5, 0.6) is 0 Å². The summed E-state index contributed by atoms with van der Waals surface area (Å²) in [5.41, 5.74) is 3.95. The molecule has 2 rings (SSSR count). The maximum absolute atomic E-state index is 4.14. The summed E-state index contributed by atoms with van der Waals surface area (Å²) in [4.78, 5) is 0. The molecule has 0 unspecified atom stereocenters. The summed E-state index contributed by atoms with van der Waals surface area (Å²) in [5.74, 6) is 0.561. The van der Waals surface area contributed by atoms with Crippen molar-refractivity contribution in [1.29, 1.82) is 0 Å². The van der Waals surface area contributed by atoms with E-state index < -0.39 is 0 Å². The van der Waals surface area contributed by atoms with Crippen molar-refractivity contribution in [3.63, 3.8) is 0 Å². The molecule has 0 amide bonds. The predicted octanol–water partition coefficient (Wildman–Crippen LogP) is 3.93. The van der Waals surface area contributed by atoms with Gasteiger partial charge in [0.05, 0.1) is 0 Å². The van der Waals surface area contributed by atoms with Gasteiger partial charge in [0.2, 0.25) is 0 Å². The van der Waals surface area contributed by atoms with Gasteiger partial charge in [0.1, 0.15) is 0 Å². The number of aromatic nitrogens is 1. The third-order valence-electron chi connectivity index (χ3n) is 2.33. The minimum absolute atomic E-state index is 0.561. The van der Waals surface area contributed by atoms with Crippen molar-refractivity contribution in [2.75, 3.05) is 0 Å². The van der Waals surface area contributed by atoms with Crippen LogP contribution in [0.15, 0.2) is 35.8 Å². The molecule has 0 fully saturated rings. The fourth-order valence-corrected chi connectivity index (χ4v) is 2.14. The van der Waals surface area contributed by atoms with E-state index in [1.165, 1.54) is 28.2 Å². The maximum atomic E-state index is 4.14. The monoisotopic (exact) mass is 203 g/mol. The van der Waals surface area contributed by atoms with Crippen LogP contribution in [0.25, 0.3) is 11.1 Å². The third kappa shape index (κ3) is 1.70. The lowest BCUT2D eigenvalue weighted by molar-refractivity contribution is 0.869. The Hall–Kier alpha value is -1.15. The van der Waals surface area contributed by atoms with Crippen molar-refractivity contribution in [2.24, 2.45) is 0 Å². The topological polar surface area (TPSA) is 12.9 Å². The molecule has 0 N–H and O–H groups in total. The van der Waals surface area contributed by atoms with Gasteiger partial charge in [0.25, 0.3) is 0 Å². The quantitative estimate of drug-likeness (QED) is 0.720. The van der Waals surface area contributed by atoms with Crippen LogP contribution in [0.2, 0.25) is 0 Å². The summed E-state index contributed by atoms with van der Waals surface area (Å²) in [6.07, 6.45) is 1.94.